The molecule has 0 heterocycles. The van der Waals surface area contributed by atoms with E-state index in [1.54, 1.807) is 0 Å². The largest absolute Gasteiger partial charge is 0.304 e. The van der Waals surface area contributed by atoms with Gasteiger partial charge in [0.15, 0.2) is 0 Å². The molecule has 0 aromatic carbocycles. The highest BCUT2D eigenvalue weighted by molar-refractivity contribution is 5.45. The monoisotopic (exact) mass is 251 g/mol. The van der Waals surface area contributed by atoms with Gasteiger partial charge in [-0.15, -0.1) is 0 Å². The minimum absolute atomic E-state index is 0.477. The number of nitrogens with one attached hydrogen (secondary N) is 1. The Hall–Kier alpha value is -1.60. The van der Waals surface area contributed by atoms with E-state index in [4.69, 9.17) is 0 Å². The van der Waals surface area contributed by atoms with Gasteiger partial charge >= 0.3 is 0 Å². The van der Waals surface area contributed by atoms with Gasteiger partial charge in [-0.1, -0.05) is 60.8 Å². The van der Waals surface area contributed by atoms with E-state index in [1.807, 2.05) is 0 Å². The van der Waals surface area contributed by atoms with Crippen molar-refractivity contribution in [2.75, 3.05) is 0 Å². The van der Waals surface area contributed by atoms with Crippen molar-refractivity contribution in [1.29, 1.82) is 0 Å². The van der Waals surface area contributed by atoms with E-state index < -0.39 is 0 Å². The van der Waals surface area contributed by atoms with Crippen LogP contribution in [-0.2, 0) is 0 Å². The molecule has 0 saturated carbocycles. The maximum Gasteiger partial charge on any atom is 0.0293 e. The third kappa shape index (κ3) is 3.24. The lowest BCUT2D eigenvalue weighted by Crippen LogP contribution is -2.36. The Morgan fingerprint density at radius 2 is 1.89 bits per heavy atom. The van der Waals surface area contributed by atoms with Crippen LogP contribution in [0.5, 0.6) is 0 Å². The van der Waals surface area contributed by atoms with Gasteiger partial charge in [0.25, 0.3) is 0 Å². The van der Waals surface area contributed by atoms with Crippen LogP contribution in [0.15, 0.2) is 71.9 Å². The lowest BCUT2D eigenvalue weighted by atomic mass is 9.92. The van der Waals surface area contributed by atoms with Crippen molar-refractivity contribution in [1.82, 2.24) is 5.32 Å². The van der Waals surface area contributed by atoms with Crippen molar-refractivity contribution in [2.45, 2.75) is 37.8 Å². The molecule has 98 valence electrons. The lowest BCUT2D eigenvalue weighted by molar-refractivity contribution is 0.528. The van der Waals surface area contributed by atoms with Crippen LogP contribution in [0.25, 0.3) is 0 Å². The predicted octanol–water partition coefficient (Wildman–Crippen LogP) is 3.99. The van der Waals surface area contributed by atoms with E-state index in [0.29, 0.717) is 12.1 Å². The van der Waals surface area contributed by atoms with Crippen molar-refractivity contribution < 1.29 is 0 Å². The summed E-state index contributed by atoms with van der Waals surface area (Å²) in [5.74, 6) is 0. The quantitative estimate of drug-likeness (QED) is 0.799. The number of hydrogen-bond donors (Lipinski definition) is 1. The van der Waals surface area contributed by atoms with Crippen LogP contribution < -0.4 is 5.32 Å². The van der Waals surface area contributed by atoms with Crippen LogP contribution >= 0.6 is 0 Å². The third-order valence-electron chi connectivity index (χ3n) is 3.89. The van der Waals surface area contributed by atoms with Crippen LogP contribution in [0.4, 0.5) is 0 Å². The molecule has 19 heavy (non-hydrogen) atoms. The molecule has 3 aliphatic carbocycles. The molecule has 1 nitrogen and oxygen atoms in total. The Balaban J connectivity index is 1.57. The van der Waals surface area contributed by atoms with Crippen molar-refractivity contribution in [3.8, 4) is 0 Å². The molecule has 3 rings (SSSR count). The number of hydrogen-bond acceptors (Lipinski definition) is 1. The van der Waals surface area contributed by atoms with Gasteiger partial charge in [-0.05, 0) is 36.8 Å². The zero-order chi connectivity index (χ0) is 12.9. The summed E-state index contributed by atoms with van der Waals surface area (Å²) in [7, 11) is 0. The Morgan fingerprint density at radius 1 is 0.947 bits per heavy atom. The maximum atomic E-state index is 3.68. The van der Waals surface area contributed by atoms with Crippen LogP contribution in [-0.4, -0.2) is 12.1 Å². The summed E-state index contributed by atoms with van der Waals surface area (Å²) in [6, 6.07) is 0.969. The fraction of sp³-hybridized carbons (Fsp3) is 0.333. The van der Waals surface area contributed by atoms with E-state index in [1.165, 1.54) is 24.0 Å². The van der Waals surface area contributed by atoms with Crippen LogP contribution in [0.2, 0.25) is 0 Å². The van der Waals surface area contributed by atoms with Gasteiger partial charge < -0.3 is 5.32 Å². The van der Waals surface area contributed by atoms with Crippen molar-refractivity contribution in [2.24, 2.45) is 0 Å². The lowest BCUT2D eigenvalue weighted by Gasteiger charge is -2.24. The standard InChI is InChI=1S/C18H21N/c1-3-7-15(8-4-1)16-11-13-18(14-12-16)19-17-9-5-2-6-10-17/h1-3,5-7,9,11-13,17-19H,4,8,10,14H2. The van der Waals surface area contributed by atoms with E-state index in [0.717, 1.165) is 12.8 Å². The first-order valence-electron chi connectivity index (χ1n) is 7.25. The van der Waals surface area contributed by atoms with Gasteiger partial charge in [0.1, 0.15) is 0 Å². The van der Waals surface area contributed by atoms with E-state index in [-0.39, 0.29) is 0 Å². The van der Waals surface area contributed by atoms with Gasteiger partial charge in [-0.25, -0.2) is 0 Å². The first kappa shape index (κ1) is 12.4. The topological polar surface area (TPSA) is 12.0 Å². The van der Waals surface area contributed by atoms with Crippen molar-refractivity contribution in [3.05, 3.63) is 71.9 Å². The van der Waals surface area contributed by atoms with Gasteiger partial charge in [0.2, 0.25) is 0 Å². The molecule has 0 aliphatic heterocycles. The molecular weight excluding hydrogens is 230 g/mol. The first-order chi connectivity index (χ1) is 9.42. The Labute approximate surface area is 115 Å². The fourth-order valence-corrected chi connectivity index (χ4v) is 2.80. The average Bonchev–Trinajstić information content (AvgIpc) is 2.50. The molecule has 0 saturated heterocycles. The summed E-state index contributed by atoms with van der Waals surface area (Å²) in [5, 5.41) is 3.68. The third-order valence-corrected chi connectivity index (χ3v) is 3.89. The van der Waals surface area contributed by atoms with Crippen LogP contribution in [0.1, 0.15) is 25.7 Å². The second kappa shape index (κ2) is 6.03. The molecule has 0 aromatic heterocycles. The molecule has 0 radical (unpaired) electrons. The Morgan fingerprint density at radius 3 is 2.58 bits per heavy atom. The Bertz CT molecular complexity index is 500. The van der Waals surface area contributed by atoms with Gasteiger partial charge in [-0.3, -0.25) is 0 Å². The maximum absolute atomic E-state index is 3.68. The summed E-state index contributed by atoms with van der Waals surface area (Å²) in [4.78, 5) is 0. The van der Waals surface area contributed by atoms with E-state index >= 15 is 0 Å². The minimum Gasteiger partial charge on any atom is -0.304 e. The molecule has 0 aromatic rings. The second-order valence-electron chi connectivity index (χ2n) is 5.34. The van der Waals surface area contributed by atoms with Crippen LogP contribution in [0, 0.1) is 0 Å². The molecule has 2 atom stereocenters. The summed E-state index contributed by atoms with van der Waals surface area (Å²) in [6.45, 7) is 0. The molecular formula is C18H21N. The summed E-state index contributed by atoms with van der Waals surface area (Å²) in [5.41, 5.74) is 2.90. The highest BCUT2D eigenvalue weighted by Crippen LogP contribution is 2.25. The first-order valence-corrected chi connectivity index (χ1v) is 7.25. The Kier molecular flexibility index (Phi) is 3.95. The smallest absolute Gasteiger partial charge is 0.0293 e. The van der Waals surface area contributed by atoms with E-state index in [9.17, 15) is 0 Å². The molecule has 0 amide bonds. The normalized spacial score (nSPS) is 29.3. The molecule has 0 bridgehead atoms. The fourth-order valence-electron chi connectivity index (χ4n) is 2.80. The minimum atomic E-state index is 0.477. The van der Waals surface area contributed by atoms with Gasteiger partial charge in [0.05, 0.1) is 0 Å². The molecule has 2 unspecified atom stereocenters. The van der Waals surface area contributed by atoms with E-state index in [2.05, 4.69) is 66.1 Å². The van der Waals surface area contributed by atoms with Gasteiger partial charge in [0, 0.05) is 12.1 Å². The molecule has 1 heteroatoms. The summed E-state index contributed by atoms with van der Waals surface area (Å²) >= 11 is 0. The molecule has 0 fully saturated rings. The summed E-state index contributed by atoms with van der Waals surface area (Å²) in [6.07, 6.45) is 27.0. The number of allylic oxidation sites excluding steroid dienone is 8. The summed E-state index contributed by atoms with van der Waals surface area (Å²) < 4.78 is 0. The van der Waals surface area contributed by atoms with Gasteiger partial charge in [-0.2, -0.15) is 0 Å². The average molecular weight is 251 g/mol. The molecule has 0 spiro atoms. The zero-order valence-electron chi connectivity index (χ0n) is 11.3. The SMILES string of the molecule is C1=CCCC(C2=CCC(NC3C=CC=CC3)C=C2)=C1. The second-order valence-corrected chi connectivity index (χ2v) is 5.34. The highest BCUT2D eigenvalue weighted by Gasteiger charge is 2.14. The number of rotatable bonds is 3. The van der Waals surface area contributed by atoms with Crippen molar-refractivity contribution >= 4 is 0 Å². The van der Waals surface area contributed by atoms with Crippen molar-refractivity contribution in [3.63, 3.8) is 0 Å². The molecule has 3 aliphatic rings. The zero-order valence-corrected chi connectivity index (χ0v) is 11.3. The predicted molar refractivity (Wildman–Crippen MR) is 81.9 cm³/mol. The highest BCUT2D eigenvalue weighted by atomic mass is 14.9. The van der Waals surface area contributed by atoms with Crippen LogP contribution in [0.3, 0.4) is 0 Å². The molecule has 1 N–H and O–H groups in total.